The summed E-state index contributed by atoms with van der Waals surface area (Å²) in [5.74, 6) is -0.0814. The lowest BCUT2D eigenvalue weighted by Gasteiger charge is -2.26. The first-order chi connectivity index (χ1) is 9.88. The molecule has 0 aliphatic rings. The van der Waals surface area contributed by atoms with Gasteiger partial charge in [-0.15, -0.1) is 0 Å². The van der Waals surface area contributed by atoms with E-state index in [1.54, 1.807) is 24.3 Å². The fourth-order valence-electron chi connectivity index (χ4n) is 1.96. The maximum Gasteiger partial charge on any atom is 0.250 e. The van der Waals surface area contributed by atoms with Gasteiger partial charge in [0, 0.05) is 18.2 Å². The molecule has 2 aromatic rings. The summed E-state index contributed by atoms with van der Waals surface area (Å²) >= 11 is 0. The molecule has 0 aliphatic heterocycles. The van der Waals surface area contributed by atoms with E-state index in [2.05, 4.69) is 24.1 Å². The molecule has 1 aromatic carbocycles. The van der Waals surface area contributed by atoms with Crippen molar-refractivity contribution in [2.75, 3.05) is 11.9 Å². The molecular weight excluding hydrogens is 269 g/mol. The van der Waals surface area contributed by atoms with Crippen LogP contribution in [0.15, 0.2) is 42.6 Å². The van der Waals surface area contributed by atoms with Gasteiger partial charge in [-0.2, -0.15) is 0 Å². The Morgan fingerprint density at radius 2 is 1.90 bits per heavy atom. The number of benzene rings is 1. The number of aromatic nitrogens is 1. The van der Waals surface area contributed by atoms with Gasteiger partial charge in [0.05, 0.1) is 5.56 Å². The largest absolute Gasteiger partial charge is 0.369 e. The van der Waals surface area contributed by atoms with E-state index in [1.807, 2.05) is 0 Å². The highest BCUT2D eigenvalue weighted by Gasteiger charge is 2.20. The van der Waals surface area contributed by atoms with Crippen LogP contribution in [0.4, 0.5) is 10.2 Å². The minimum absolute atomic E-state index is 0.183. The molecule has 1 heterocycles. The molecule has 3 N–H and O–H groups in total. The number of carbonyl (C=O) groups excluding carboxylic acids is 1. The van der Waals surface area contributed by atoms with Crippen LogP contribution in [0.1, 0.15) is 29.8 Å². The van der Waals surface area contributed by atoms with Gasteiger partial charge in [0.1, 0.15) is 11.6 Å². The second-order valence-corrected chi connectivity index (χ2v) is 5.54. The van der Waals surface area contributed by atoms with Crippen molar-refractivity contribution in [3.63, 3.8) is 0 Å². The summed E-state index contributed by atoms with van der Waals surface area (Å²) in [5.41, 5.74) is 6.39. The minimum Gasteiger partial charge on any atom is -0.369 e. The van der Waals surface area contributed by atoms with Crippen molar-refractivity contribution in [2.45, 2.75) is 19.3 Å². The van der Waals surface area contributed by atoms with E-state index in [9.17, 15) is 9.18 Å². The molecule has 0 saturated heterocycles. The Morgan fingerprint density at radius 3 is 2.43 bits per heavy atom. The number of amides is 1. The van der Waals surface area contributed by atoms with E-state index in [1.165, 1.54) is 18.3 Å². The molecule has 1 aromatic heterocycles. The third kappa shape index (κ3) is 3.78. The number of hydrogen-bond acceptors (Lipinski definition) is 3. The molecule has 0 radical (unpaired) electrons. The Balaban J connectivity index is 2.04. The first kappa shape index (κ1) is 15.0. The van der Waals surface area contributed by atoms with Crippen LogP contribution in [0.3, 0.4) is 0 Å². The monoisotopic (exact) mass is 287 g/mol. The number of nitrogens with one attached hydrogen (secondary N) is 1. The van der Waals surface area contributed by atoms with Gasteiger partial charge >= 0.3 is 0 Å². The minimum atomic E-state index is -0.499. The highest BCUT2D eigenvalue weighted by Crippen LogP contribution is 2.23. The summed E-state index contributed by atoms with van der Waals surface area (Å²) in [5, 5.41) is 3.21. The molecule has 21 heavy (non-hydrogen) atoms. The van der Waals surface area contributed by atoms with Crippen molar-refractivity contribution in [1.82, 2.24) is 4.98 Å². The number of hydrogen-bond donors (Lipinski definition) is 2. The number of rotatable bonds is 5. The van der Waals surface area contributed by atoms with Gasteiger partial charge in [0.15, 0.2) is 0 Å². The normalized spacial score (nSPS) is 11.2. The molecule has 0 saturated carbocycles. The molecule has 0 unspecified atom stereocenters. The van der Waals surface area contributed by atoms with Gasteiger partial charge in [0.2, 0.25) is 5.91 Å². The fourth-order valence-corrected chi connectivity index (χ4v) is 1.96. The van der Waals surface area contributed by atoms with Crippen molar-refractivity contribution in [2.24, 2.45) is 5.73 Å². The van der Waals surface area contributed by atoms with Gasteiger partial charge < -0.3 is 11.1 Å². The summed E-state index contributed by atoms with van der Waals surface area (Å²) in [6.45, 7) is 4.75. The Hall–Kier alpha value is -2.43. The van der Waals surface area contributed by atoms with Crippen LogP contribution >= 0.6 is 0 Å². The number of nitrogens with zero attached hydrogens (tertiary/aromatic N) is 1. The summed E-state index contributed by atoms with van der Waals surface area (Å²) in [4.78, 5) is 15.1. The van der Waals surface area contributed by atoms with Gasteiger partial charge in [-0.25, -0.2) is 9.37 Å². The summed E-state index contributed by atoms with van der Waals surface area (Å²) < 4.78 is 13.0. The Kier molecular flexibility index (Phi) is 4.21. The molecule has 2 rings (SSSR count). The van der Waals surface area contributed by atoms with E-state index in [0.29, 0.717) is 17.9 Å². The van der Waals surface area contributed by atoms with Gasteiger partial charge in [-0.1, -0.05) is 26.0 Å². The van der Waals surface area contributed by atoms with Gasteiger partial charge in [-0.3, -0.25) is 4.79 Å². The lowest BCUT2D eigenvalue weighted by atomic mass is 9.84. The van der Waals surface area contributed by atoms with Crippen LogP contribution in [0.5, 0.6) is 0 Å². The van der Waals surface area contributed by atoms with Crippen LogP contribution in [-0.2, 0) is 5.41 Å². The van der Waals surface area contributed by atoms with Gasteiger partial charge in [-0.05, 0) is 29.8 Å². The summed E-state index contributed by atoms with van der Waals surface area (Å²) in [7, 11) is 0. The topological polar surface area (TPSA) is 68.0 Å². The molecule has 0 spiro atoms. The Bertz CT molecular complexity index is 621. The van der Waals surface area contributed by atoms with Crippen molar-refractivity contribution in [1.29, 1.82) is 0 Å². The first-order valence-electron chi connectivity index (χ1n) is 6.64. The van der Waals surface area contributed by atoms with Crippen LogP contribution < -0.4 is 11.1 Å². The third-order valence-electron chi connectivity index (χ3n) is 3.39. The van der Waals surface area contributed by atoms with Crippen molar-refractivity contribution >= 4 is 11.7 Å². The van der Waals surface area contributed by atoms with Crippen molar-refractivity contribution in [3.05, 3.63) is 59.5 Å². The van der Waals surface area contributed by atoms with Crippen LogP contribution in [0.2, 0.25) is 0 Å². The van der Waals surface area contributed by atoms with Gasteiger partial charge in [0.25, 0.3) is 0 Å². The summed E-state index contributed by atoms with van der Waals surface area (Å²) in [6.07, 6.45) is 1.44. The standard InChI is InChI=1S/C16H18FN3O/c1-16(2,12-4-6-13(17)7-5-12)10-20-14-8-3-11(9-19-14)15(18)21/h3-9H,10H2,1-2H3,(H2,18,21)(H,19,20). The average molecular weight is 287 g/mol. The highest BCUT2D eigenvalue weighted by molar-refractivity contribution is 5.92. The lowest BCUT2D eigenvalue weighted by Crippen LogP contribution is -2.28. The van der Waals surface area contributed by atoms with Crippen molar-refractivity contribution in [3.8, 4) is 0 Å². The van der Waals surface area contributed by atoms with E-state index in [-0.39, 0.29) is 11.2 Å². The fraction of sp³-hybridized carbons (Fsp3) is 0.250. The zero-order valence-electron chi connectivity index (χ0n) is 12.1. The summed E-state index contributed by atoms with van der Waals surface area (Å²) in [6, 6.07) is 9.80. The second-order valence-electron chi connectivity index (χ2n) is 5.54. The number of pyridine rings is 1. The quantitative estimate of drug-likeness (QED) is 0.888. The smallest absolute Gasteiger partial charge is 0.250 e. The highest BCUT2D eigenvalue weighted by atomic mass is 19.1. The lowest BCUT2D eigenvalue weighted by molar-refractivity contribution is 0.1000. The van der Waals surface area contributed by atoms with E-state index >= 15 is 0 Å². The second kappa shape index (κ2) is 5.91. The first-order valence-corrected chi connectivity index (χ1v) is 6.64. The van der Waals surface area contributed by atoms with E-state index in [4.69, 9.17) is 5.73 Å². The predicted octanol–water partition coefficient (Wildman–Crippen LogP) is 2.71. The Labute approximate surface area is 123 Å². The van der Waals surface area contributed by atoms with Crippen molar-refractivity contribution < 1.29 is 9.18 Å². The number of carbonyl (C=O) groups is 1. The third-order valence-corrected chi connectivity index (χ3v) is 3.39. The Morgan fingerprint density at radius 1 is 1.24 bits per heavy atom. The zero-order valence-corrected chi connectivity index (χ0v) is 12.1. The maximum absolute atomic E-state index is 13.0. The molecule has 0 bridgehead atoms. The number of halogens is 1. The van der Waals surface area contributed by atoms with Crippen LogP contribution in [-0.4, -0.2) is 17.4 Å². The van der Waals surface area contributed by atoms with Crippen LogP contribution in [0, 0.1) is 5.82 Å². The van der Waals surface area contributed by atoms with E-state index < -0.39 is 5.91 Å². The maximum atomic E-state index is 13.0. The van der Waals surface area contributed by atoms with Crippen LogP contribution in [0.25, 0.3) is 0 Å². The average Bonchev–Trinajstić information content (AvgIpc) is 2.46. The molecular formula is C16H18FN3O. The predicted molar refractivity (Wildman–Crippen MR) is 80.7 cm³/mol. The molecule has 4 nitrogen and oxygen atoms in total. The molecule has 1 amide bonds. The number of anilines is 1. The molecule has 0 atom stereocenters. The molecule has 0 fully saturated rings. The van der Waals surface area contributed by atoms with E-state index in [0.717, 1.165) is 5.56 Å². The molecule has 0 aliphatic carbocycles. The zero-order chi connectivity index (χ0) is 15.5. The SMILES string of the molecule is CC(C)(CNc1ccc(C(N)=O)cn1)c1ccc(F)cc1. The number of primary amides is 1. The molecule has 5 heteroatoms. The number of nitrogens with two attached hydrogens (primary N) is 1. The molecule has 110 valence electrons.